The van der Waals surface area contributed by atoms with Crippen LogP contribution >= 0.6 is 35.3 Å². The summed E-state index contributed by atoms with van der Waals surface area (Å²) in [4.78, 5) is 21.5. The molecule has 0 saturated carbocycles. The number of carbonyl (C=O) groups excluding carboxylic acids is 1. The number of thiocarbonyl (C=S) groups is 1. The van der Waals surface area contributed by atoms with E-state index in [1.54, 1.807) is 11.3 Å². The zero-order valence-corrected chi connectivity index (χ0v) is 19.5. The van der Waals surface area contributed by atoms with Crippen molar-refractivity contribution in [2.45, 2.75) is 6.92 Å². The minimum absolute atomic E-state index is 0.0420. The first-order valence-electron chi connectivity index (χ1n) is 9.86. The van der Waals surface area contributed by atoms with Crippen LogP contribution in [-0.2, 0) is 4.79 Å². The maximum absolute atomic E-state index is 12.3. The van der Waals surface area contributed by atoms with Gasteiger partial charge in [0.15, 0.2) is 0 Å². The van der Waals surface area contributed by atoms with Crippen molar-refractivity contribution in [2.75, 3.05) is 44.3 Å². The number of anilines is 1. The highest BCUT2D eigenvalue weighted by Crippen LogP contribution is 2.31. The molecule has 1 fully saturated rings. The van der Waals surface area contributed by atoms with Gasteiger partial charge in [-0.15, -0.1) is 11.3 Å². The first-order valence-corrected chi connectivity index (χ1v) is 12.1. The van der Waals surface area contributed by atoms with Gasteiger partial charge in [-0.2, -0.15) is 0 Å². The normalized spacial score (nSPS) is 14.8. The van der Waals surface area contributed by atoms with E-state index in [2.05, 4.69) is 47.3 Å². The second kappa shape index (κ2) is 9.43. The lowest BCUT2D eigenvalue weighted by atomic mass is 10.2. The third-order valence-electron chi connectivity index (χ3n) is 5.05. The van der Waals surface area contributed by atoms with Crippen molar-refractivity contribution < 1.29 is 4.79 Å². The first-order chi connectivity index (χ1) is 14.5. The van der Waals surface area contributed by atoms with Crippen LogP contribution in [0.3, 0.4) is 0 Å². The van der Waals surface area contributed by atoms with Gasteiger partial charge < -0.3 is 15.1 Å². The molecular formula is C22H24N4OS3. The summed E-state index contributed by atoms with van der Waals surface area (Å²) < 4.78 is 2.00. The van der Waals surface area contributed by atoms with Crippen LogP contribution in [0, 0.1) is 6.92 Å². The number of likely N-dealkylation sites (N-methyl/N-ethyl adjacent to an activating group) is 1. The average Bonchev–Trinajstić information content (AvgIpc) is 3.16. The SMILES string of the molecule is Cc1ccc2nc(-c3ccc(NC(=O)CSC(=S)N4CCN(C)CC4)cc3)sc2c1. The number of piperazine rings is 1. The fourth-order valence-electron chi connectivity index (χ4n) is 3.26. The van der Waals surface area contributed by atoms with Crippen LogP contribution < -0.4 is 5.32 Å². The second-order valence-electron chi connectivity index (χ2n) is 7.46. The molecule has 4 rings (SSSR count). The molecule has 1 aliphatic heterocycles. The lowest BCUT2D eigenvalue weighted by molar-refractivity contribution is -0.113. The van der Waals surface area contributed by atoms with Crippen LogP contribution in [0.25, 0.3) is 20.8 Å². The highest BCUT2D eigenvalue weighted by Gasteiger charge is 2.17. The van der Waals surface area contributed by atoms with E-state index in [1.165, 1.54) is 22.0 Å². The Hall–Kier alpha value is -2.00. The predicted molar refractivity (Wildman–Crippen MR) is 133 cm³/mol. The molecule has 2 aromatic carbocycles. The van der Waals surface area contributed by atoms with Crippen molar-refractivity contribution in [3.05, 3.63) is 48.0 Å². The number of thiazole rings is 1. The Morgan fingerprint density at radius 3 is 2.63 bits per heavy atom. The maximum Gasteiger partial charge on any atom is 0.234 e. The van der Waals surface area contributed by atoms with Crippen molar-refractivity contribution in [2.24, 2.45) is 0 Å². The Labute approximate surface area is 190 Å². The smallest absolute Gasteiger partial charge is 0.234 e. The second-order valence-corrected chi connectivity index (χ2v) is 10.1. The molecule has 1 aliphatic rings. The van der Waals surface area contributed by atoms with E-state index in [9.17, 15) is 4.79 Å². The number of hydrogen-bond acceptors (Lipinski definition) is 6. The number of benzene rings is 2. The molecule has 0 aliphatic carbocycles. The van der Waals surface area contributed by atoms with E-state index >= 15 is 0 Å². The fourth-order valence-corrected chi connectivity index (χ4v) is 5.38. The van der Waals surface area contributed by atoms with Gasteiger partial charge in [0, 0.05) is 37.4 Å². The fraction of sp³-hybridized carbons (Fsp3) is 0.318. The monoisotopic (exact) mass is 456 g/mol. The van der Waals surface area contributed by atoms with Crippen molar-refractivity contribution in [1.29, 1.82) is 0 Å². The van der Waals surface area contributed by atoms with Crippen LogP contribution in [0.2, 0.25) is 0 Å². The highest BCUT2D eigenvalue weighted by molar-refractivity contribution is 8.23. The van der Waals surface area contributed by atoms with Gasteiger partial charge in [0.2, 0.25) is 5.91 Å². The quantitative estimate of drug-likeness (QED) is 0.585. The van der Waals surface area contributed by atoms with E-state index in [0.717, 1.165) is 52.3 Å². The zero-order valence-electron chi connectivity index (χ0n) is 17.1. The van der Waals surface area contributed by atoms with Gasteiger partial charge in [0.05, 0.1) is 16.0 Å². The van der Waals surface area contributed by atoms with Crippen LogP contribution in [0.4, 0.5) is 5.69 Å². The zero-order chi connectivity index (χ0) is 21.1. The lowest BCUT2D eigenvalue weighted by Gasteiger charge is -2.33. The number of nitrogens with zero attached hydrogens (tertiary/aromatic N) is 3. The van der Waals surface area contributed by atoms with Crippen LogP contribution in [0.15, 0.2) is 42.5 Å². The summed E-state index contributed by atoms with van der Waals surface area (Å²) in [7, 11) is 2.12. The third kappa shape index (κ3) is 5.18. The van der Waals surface area contributed by atoms with Gasteiger partial charge in [-0.3, -0.25) is 4.79 Å². The highest BCUT2D eigenvalue weighted by atomic mass is 32.2. The summed E-state index contributed by atoms with van der Waals surface area (Å²) in [5.41, 5.74) is 4.09. The molecule has 5 nitrogen and oxygen atoms in total. The van der Waals surface area contributed by atoms with Crippen LogP contribution in [0.5, 0.6) is 0 Å². The number of amides is 1. The van der Waals surface area contributed by atoms with E-state index < -0.39 is 0 Å². The molecule has 30 heavy (non-hydrogen) atoms. The minimum Gasteiger partial charge on any atom is -0.355 e. The lowest BCUT2D eigenvalue weighted by Crippen LogP contribution is -2.46. The number of thioether (sulfide) groups is 1. The summed E-state index contributed by atoms with van der Waals surface area (Å²) in [5.74, 6) is 0.282. The number of carbonyl (C=O) groups is 1. The molecule has 0 bridgehead atoms. The standard InChI is InChI=1S/C22H24N4OS3/c1-15-3-8-18-19(13-15)30-21(24-18)16-4-6-17(7-5-16)23-20(27)14-29-22(28)26-11-9-25(2)10-12-26/h3-8,13H,9-12,14H2,1-2H3,(H,23,27). The molecule has 156 valence electrons. The van der Waals surface area contributed by atoms with E-state index in [-0.39, 0.29) is 5.91 Å². The Balaban J connectivity index is 1.31. The molecule has 0 spiro atoms. The van der Waals surface area contributed by atoms with Gasteiger partial charge in [-0.25, -0.2) is 4.98 Å². The van der Waals surface area contributed by atoms with Crippen molar-refractivity contribution in [3.63, 3.8) is 0 Å². The van der Waals surface area contributed by atoms with Crippen LogP contribution in [0.1, 0.15) is 5.56 Å². The summed E-state index contributed by atoms with van der Waals surface area (Å²) in [6, 6.07) is 14.2. The molecule has 0 radical (unpaired) electrons. The predicted octanol–water partition coefficient (Wildman–Crippen LogP) is 4.48. The first kappa shape index (κ1) is 21.2. The van der Waals surface area contributed by atoms with Crippen LogP contribution in [-0.4, -0.2) is 64.0 Å². The molecule has 1 amide bonds. The number of hydrogen-bond donors (Lipinski definition) is 1. The molecule has 0 atom stereocenters. The summed E-state index contributed by atoms with van der Waals surface area (Å²) in [5, 5.41) is 3.94. The van der Waals surface area contributed by atoms with Gasteiger partial charge in [0.25, 0.3) is 0 Å². The Morgan fingerprint density at radius 2 is 1.90 bits per heavy atom. The maximum atomic E-state index is 12.3. The van der Waals surface area contributed by atoms with E-state index in [1.807, 2.05) is 24.3 Å². The van der Waals surface area contributed by atoms with Crippen molar-refractivity contribution in [3.8, 4) is 10.6 Å². The third-order valence-corrected chi connectivity index (χ3v) is 7.64. The molecule has 1 N–H and O–H groups in total. The average molecular weight is 457 g/mol. The van der Waals surface area contributed by atoms with Gasteiger partial charge >= 0.3 is 0 Å². The number of nitrogens with one attached hydrogen (secondary N) is 1. The minimum atomic E-state index is -0.0420. The number of aromatic nitrogens is 1. The molecular weight excluding hydrogens is 432 g/mol. The summed E-state index contributed by atoms with van der Waals surface area (Å²) in [6.07, 6.45) is 0. The molecule has 3 aromatic rings. The summed E-state index contributed by atoms with van der Waals surface area (Å²) in [6.45, 7) is 5.96. The Kier molecular flexibility index (Phi) is 6.67. The molecule has 1 saturated heterocycles. The van der Waals surface area contributed by atoms with Crippen molar-refractivity contribution >= 4 is 61.4 Å². The molecule has 2 heterocycles. The molecule has 1 aromatic heterocycles. The van der Waals surface area contributed by atoms with E-state index in [0.29, 0.717) is 5.75 Å². The van der Waals surface area contributed by atoms with E-state index in [4.69, 9.17) is 17.2 Å². The van der Waals surface area contributed by atoms with Gasteiger partial charge in [0.1, 0.15) is 9.33 Å². The number of fused-ring (bicyclic) bond motifs is 1. The topological polar surface area (TPSA) is 48.5 Å². The largest absolute Gasteiger partial charge is 0.355 e. The molecule has 8 heteroatoms. The Bertz CT molecular complexity index is 1060. The number of aryl methyl sites for hydroxylation is 1. The Morgan fingerprint density at radius 1 is 1.17 bits per heavy atom. The van der Waals surface area contributed by atoms with Gasteiger partial charge in [-0.05, 0) is 55.9 Å². The van der Waals surface area contributed by atoms with Crippen molar-refractivity contribution in [1.82, 2.24) is 14.8 Å². The summed E-state index contributed by atoms with van der Waals surface area (Å²) >= 11 is 8.61. The molecule has 0 unspecified atom stereocenters. The number of rotatable bonds is 4. The van der Waals surface area contributed by atoms with Gasteiger partial charge in [-0.1, -0.05) is 30.0 Å².